The van der Waals surface area contributed by atoms with Crippen molar-refractivity contribution in [3.63, 3.8) is 0 Å². The first-order valence-corrected chi connectivity index (χ1v) is 6.80. The van der Waals surface area contributed by atoms with Gasteiger partial charge in [0.25, 0.3) is 0 Å². The van der Waals surface area contributed by atoms with E-state index in [0.29, 0.717) is 11.5 Å². The van der Waals surface area contributed by atoms with Gasteiger partial charge in [0.2, 0.25) is 0 Å². The maximum absolute atomic E-state index is 6.42. The highest BCUT2D eigenvalue weighted by Crippen LogP contribution is 2.55. The quantitative estimate of drug-likeness (QED) is 0.755. The Morgan fingerprint density at radius 3 is 2.13 bits per heavy atom. The molecular weight excluding hydrogens is 182 g/mol. The van der Waals surface area contributed by atoms with Crippen molar-refractivity contribution in [3.05, 3.63) is 0 Å². The summed E-state index contributed by atoms with van der Waals surface area (Å²) in [7, 11) is 0. The molecule has 2 unspecified atom stereocenters. The first-order valence-electron chi connectivity index (χ1n) is 6.80. The van der Waals surface area contributed by atoms with E-state index in [0.717, 1.165) is 17.8 Å². The van der Waals surface area contributed by atoms with Gasteiger partial charge in [0.1, 0.15) is 0 Å². The van der Waals surface area contributed by atoms with Crippen molar-refractivity contribution in [1.29, 1.82) is 0 Å². The minimum atomic E-state index is 0.498. The largest absolute Gasteiger partial charge is 0.327 e. The summed E-state index contributed by atoms with van der Waals surface area (Å²) in [6.07, 6.45) is 8.39. The van der Waals surface area contributed by atoms with Gasteiger partial charge in [-0.05, 0) is 42.4 Å². The summed E-state index contributed by atoms with van der Waals surface area (Å²) in [4.78, 5) is 0. The van der Waals surface area contributed by atoms with Crippen LogP contribution in [0.1, 0.15) is 59.3 Å². The number of rotatable bonds is 3. The Hall–Kier alpha value is -0.0400. The first kappa shape index (κ1) is 11.4. The standard InChI is InChI=1S/C14H27N/c1-4-10-5-7-11(8-6-10)13(15)12-9-14(12,2)3/h10-13H,4-9,15H2,1-3H3. The molecule has 0 saturated heterocycles. The van der Waals surface area contributed by atoms with Gasteiger partial charge in [-0.3, -0.25) is 0 Å². The fourth-order valence-corrected chi connectivity index (χ4v) is 3.47. The van der Waals surface area contributed by atoms with Crippen LogP contribution >= 0.6 is 0 Å². The molecule has 2 saturated carbocycles. The van der Waals surface area contributed by atoms with Crippen LogP contribution in [0.5, 0.6) is 0 Å². The van der Waals surface area contributed by atoms with Gasteiger partial charge in [-0.25, -0.2) is 0 Å². The SMILES string of the molecule is CCC1CCC(C(N)C2CC2(C)C)CC1. The third-order valence-electron chi connectivity index (χ3n) is 5.07. The van der Waals surface area contributed by atoms with Crippen molar-refractivity contribution in [2.45, 2.75) is 65.3 Å². The van der Waals surface area contributed by atoms with Gasteiger partial charge < -0.3 is 5.73 Å². The highest BCUT2D eigenvalue weighted by molar-refractivity contribution is 5.03. The van der Waals surface area contributed by atoms with Crippen LogP contribution in [-0.2, 0) is 0 Å². The average molecular weight is 209 g/mol. The summed E-state index contributed by atoms with van der Waals surface area (Å²) in [6, 6.07) is 0.498. The van der Waals surface area contributed by atoms with Gasteiger partial charge in [0, 0.05) is 6.04 Å². The molecule has 1 heteroatoms. The Bertz CT molecular complexity index is 213. The Morgan fingerprint density at radius 2 is 1.73 bits per heavy atom. The predicted octanol–water partition coefficient (Wildman–Crippen LogP) is 3.58. The van der Waals surface area contributed by atoms with Crippen LogP contribution in [0.15, 0.2) is 0 Å². The Kier molecular flexibility index (Phi) is 3.12. The van der Waals surface area contributed by atoms with E-state index in [2.05, 4.69) is 20.8 Å². The lowest BCUT2D eigenvalue weighted by atomic mass is 9.76. The second-order valence-corrected chi connectivity index (χ2v) is 6.57. The van der Waals surface area contributed by atoms with Gasteiger partial charge in [-0.15, -0.1) is 0 Å². The molecule has 15 heavy (non-hydrogen) atoms. The summed E-state index contributed by atoms with van der Waals surface area (Å²) in [5, 5.41) is 0. The van der Waals surface area contributed by atoms with Crippen LogP contribution < -0.4 is 5.73 Å². The Labute approximate surface area is 94.8 Å². The fourth-order valence-electron chi connectivity index (χ4n) is 3.47. The van der Waals surface area contributed by atoms with Crippen LogP contribution in [0.25, 0.3) is 0 Å². The maximum Gasteiger partial charge on any atom is 0.0101 e. The van der Waals surface area contributed by atoms with E-state index < -0.39 is 0 Å². The molecule has 88 valence electrons. The van der Waals surface area contributed by atoms with Crippen molar-refractivity contribution in [1.82, 2.24) is 0 Å². The van der Waals surface area contributed by atoms with E-state index in [1.54, 1.807) is 0 Å². The third-order valence-corrected chi connectivity index (χ3v) is 5.07. The number of hydrogen-bond acceptors (Lipinski definition) is 1. The van der Waals surface area contributed by atoms with Crippen molar-refractivity contribution >= 4 is 0 Å². The average Bonchev–Trinajstić information content (AvgIpc) is 2.87. The van der Waals surface area contributed by atoms with E-state index in [-0.39, 0.29) is 0 Å². The highest BCUT2D eigenvalue weighted by Gasteiger charge is 2.50. The minimum absolute atomic E-state index is 0.498. The summed E-state index contributed by atoms with van der Waals surface area (Å²) in [5.74, 6) is 2.65. The molecule has 2 rings (SSSR count). The molecule has 0 aromatic carbocycles. The molecule has 2 N–H and O–H groups in total. The summed E-state index contributed by atoms with van der Waals surface area (Å²) in [6.45, 7) is 7.07. The molecule has 0 aromatic heterocycles. The molecule has 0 amide bonds. The molecule has 2 aliphatic rings. The summed E-state index contributed by atoms with van der Waals surface area (Å²) >= 11 is 0. The monoisotopic (exact) mass is 209 g/mol. The van der Waals surface area contributed by atoms with Crippen LogP contribution in [0, 0.1) is 23.2 Å². The molecular formula is C14H27N. The predicted molar refractivity (Wildman–Crippen MR) is 65.6 cm³/mol. The smallest absolute Gasteiger partial charge is 0.0101 e. The lowest BCUT2D eigenvalue weighted by Gasteiger charge is -2.32. The van der Waals surface area contributed by atoms with Gasteiger partial charge in [-0.2, -0.15) is 0 Å². The third kappa shape index (κ3) is 2.38. The Balaban J connectivity index is 1.81. The molecule has 1 nitrogen and oxygen atoms in total. The van der Waals surface area contributed by atoms with Gasteiger partial charge in [0.15, 0.2) is 0 Å². The lowest BCUT2D eigenvalue weighted by Crippen LogP contribution is -2.36. The van der Waals surface area contributed by atoms with E-state index in [1.807, 2.05) is 0 Å². The fraction of sp³-hybridized carbons (Fsp3) is 1.00. The van der Waals surface area contributed by atoms with E-state index in [9.17, 15) is 0 Å². The van der Waals surface area contributed by atoms with E-state index in [1.165, 1.54) is 38.5 Å². The van der Waals surface area contributed by atoms with Crippen LogP contribution in [0.2, 0.25) is 0 Å². The molecule has 0 aromatic rings. The molecule has 2 aliphatic carbocycles. The molecule has 0 spiro atoms. The normalized spacial score (nSPS) is 41.2. The summed E-state index contributed by atoms with van der Waals surface area (Å²) in [5.41, 5.74) is 6.97. The molecule has 2 atom stereocenters. The van der Waals surface area contributed by atoms with Crippen molar-refractivity contribution in [2.24, 2.45) is 28.9 Å². The summed E-state index contributed by atoms with van der Waals surface area (Å²) < 4.78 is 0. The van der Waals surface area contributed by atoms with Gasteiger partial charge >= 0.3 is 0 Å². The number of hydrogen-bond donors (Lipinski definition) is 1. The van der Waals surface area contributed by atoms with Crippen LogP contribution in [-0.4, -0.2) is 6.04 Å². The van der Waals surface area contributed by atoms with Gasteiger partial charge in [0.05, 0.1) is 0 Å². The van der Waals surface area contributed by atoms with Crippen molar-refractivity contribution < 1.29 is 0 Å². The van der Waals surface area contributed by atoms with Crippen molar-refractivity contribution in [3.8, 4) is 0 Å². The molecule has 0 heterocycles. The lowest BCUT2D eigenvalue weighted by molar-refractivity contribution is 0.219. The molecule has 0 bridgehead atoms. The van der Waals surface area contributed by atoms with E-state index >= 15 is 0 Å². The maximum atomic E-state index is 6.42. The topological polar surface area (TPSA) is 26.0 Å². The Morgan fingerprint density at radius 1 is 1.20 bits per heavy atom. The van der Waals surface area contributed by atoms with Gasteiger partial charge in [-0.1, -0.05) is 40.0 Å². The molecule has 2 fully saturated rings. The highest BCUT2D eigenvalue weighted by atomic mass is 14.7. The molecule has 0 radical (unpaired) electrons. The van der Waals surface area contributed by atoms with Crippen LogP contribution in [0.3, 0.4) is 0 Å². The second kappa shape index (κ2) is 4.08. The second-order valence-electron chi connectivity index (χ2n) is 6.57. The van der Waals surface area contributed by atoms with Crippen LogP contribution in [0.4, 0.5) is 0 Å². The number of nitrogens with two attached hydrogens (primary N) is 1. The first-order chi connectivity index (χ1) is 7.04. The zero-order chi connectivity index (χ0) is 11.1. The molecule has 0 aliphatic heterocycles. The zero-order valence-corrected chi connectivity index (χ0v) is 10.6. The van der Waals surface area contributed by atoms with E-state index in [4.69, 9.17) is 5.73 Å². The minimum Gasteiger partial charge on any atom is -0.327 e. The zero-order valence-electron chi connectivity index (χ0n) is 10.6. The van der Waals surface area contributed by atoms with Crippen molar-refractivity contribution in [2.75, 3.05) is 0 Å².